The molecule has 2 heterocycles. The fourth-order valence-corrected chi connectivity index (χ4v) is 2.96. The number of nitrogens with two attached hydrogens (primary N) is 1. The van der Waals surface area contributed by atoms with Crippen LogP contribution in [-0.2, 0) is 0 Å². The van der Waals surface area contributed by atoms with Gasteiger partial charge in [-0.1, -0.05) is 0 Å². The highest BCUT2D eigenvalue weighted by atomic mass is 79.9. The fraction of sp³-hybridized carbons (Fsp3) is 0.571. The molecule has 1 aromatic heterocycles. The van der Waals surface area contributed by atoms with Gasteiger partial charge in [0.25, 0.3) is 5.91 Å². The summed E-state index contributed by atoms with van der Waals surface area (Å²) >= 11 is 3.33. The van der Waals surface area contributed by atoms with Crippen molar-refractivity contribution >= 4 is 27.7 Å². The third-order valence-electron chi connectivity index (χ3n) is 3.64. The number of rotatable bonds is 3. The molecule has 0 aliphatic carbocycles. The van der Waals surface area contributed by atoms with E-state index in [2.05, 4.69) is 39.9 Å². The molecule has 1 aliphatic rings. The number of halogens is 1. The smallest absolute Gasteiger partial charge is 0.257 e. The number of pyridine rings is 1. The van der Waals surface area contributed by atoms with E-state index in [-0.39, 0.29) is 5.91 Å². The third kappa shape index (κ3) is 3.70. The topological polar surface area (TPSA) is 62.5 Å². The van der Waals surface area contributed by atoms with E-state index < -0.39 is 0 Å². The molecule has 20 heavy (non-hydrogen) atoms. The molecular weight excluding hydrogens is 320 g/mol. The first-order valence-corrected chi connectivity index (χ1v) is 7.61. The molecule has 0 radical (unpaired) electrons. The van der Waals surface area contributed by atoms with Crippen molar-refractivity contribution in [3.8, 4) is 0 Å². The van der Waals surface area contributed by atoms with Crippen LogP contribution in [0.3, 0.4) is 0 Å². The second kappa shape index (κ2) is 6.54. The van der Waals surface area contributed by atoms with Crippen molar-refractivity contribution in [2.24, 2.45) is 5.92 Å². The van der Waals surface area contributed by atoms with Gasteiger partial charge in [-0.15, -0.1) is 0 Å². The molecule has 110 valence electrons. The maximum Gasteiger partial charge on any atom is 0.257 e. The normalized spacial score (nSPS) is 16.7. The maximum absolute atomic E-state index is 12.5. The SMILES string of the molecule is CN(C)CC1CCN(C(=O)c2cc(Br)cnc2N)CC1. The van der Waals surface area contributed by atoms with Gasteiger partial charge in [0.2, 0.25) is 0 Å². The number of hydrogen-bond donors (Lipinski definition) is 1. The highest BCUT2D eigenvalue weighted by Crippen LogP contribution is 2.22. The quantitative estimate of drug-likeness (QED) is 0.911. The average molecular weight is 341 g/mol. The molecule has 1 fully saturated rings. The van der Waals surface area contributed by atoms with Crippen LogP contribution < -0.4 is 5.73 Å². The van der Waals surface area contributed by atoms with E-state index in [1.54, 1.807) is 12.3 Å². The number of nitrogen functional groups attached to an aromatic ring is 1. The largest absolute Gasteiger partial charge is 0.383 e. The van der Waals surface area contributed by atoms with Gasteiger partial charge < -0.3 is 15.5 Å². The van der Waals surface area contributed by atoms with E-state index in [0.29, 0.717) is 17.3 Å². The van der Waals surface area contributed by atoms with Crippen molar-refractivity contribution in [2.75, 3.05) is 39.5 Å². The molecule has 0 unspecified atom stereocenters. The minimum atomic E-state index is -0.0143. The number of amides is 1. The van der Waals surface area contributed by atoms with Crippen LogP contribution >= 0.6 is 15.9 Å². The molecule has 0 bridgehead atoms. The van der Waals surface area contributed by atoms with Gasteiger partial charge >= 0.3 is 0 Å². The van der Waals surface area contributed by atoms with Crippen molar-refractivity contribution in [1.29, 1.82) is 0 Å². The van der Waals surface area contributed by atoms with Crippen molar-refractivity contribution in [3.63, 3.8) is 0 Å². The number of likely N-dealkylation sites (tertiary alicyclic amines) is 1. The zero-order valence-corrected chi connectivity index (χ0v) is 13.6. The van der Waals surface area contributed by atoms with E-state index in [0.717, 1.165) is 36.9 Å². The minimum Gasteiger partial charge on any atom is -0.383 e. The Hall–Kier alpha value is -1.14. The number of nitrogens with zero attached hydrogens (tertiary/aromatic N) is 3. The van der Waals surface area contributed by atoms with E-state index in [1.165, 1.54) is 0 Å². The van der Waals surface area contributed by atoms with Gasteiger partial charge in [-0.2, -0.15) is 0 Å². The number of carbonyl (C=O) groups excluding carboxylic acids is 1. The molecule has 6 heteroatoms. The van der Waals surface area contributed by atoms with Gasteiger partial charge in [0.15, 0.2) is 0 Å². The van der Waals surface area contributed by atoms with Gasteiger partial charge in [-0.3, -0.25) is 4.79 Å². The number of piperidine rings is 1. The van der Waals surface area contributed by atoms with Crippen LogP contribution in [-0.4, -0.2) is 54.4 Å². The lowest BCUT2D eigenvalue weighted by atomic mass is 9.96. The molecule has 1 amide bonds. The highest BCUT2D eigenvalue weighted by molar-refractivity contribution is 9.10. The van der Waals surface area contributed by atoms with E-state index >= 15 is 0 Å². The average Bonchev–Trinajstić information content (AvgIpc) is 2.41. The Labute approximate surface area is 128 Å². The summed E-state index contributed by atoms with van der Waals surface area (Å²) in [6.07, 6.45) is 3.70. The second-order valence-corrected chi connectivity index (χ2v) is 6.50. The first-order valence-electron chi connectivity index (χ1n) is 6.82. The highest BCUT2D eigenvalue weighted by Gasteiger charge is 2.25. The van der Waals surface area contributed by atoms with Crippen molar-refractivity contribution < 1.29 is 4.79 Å². The van der Waals surface area contributed by atoms with E-state index in [4.69, 9.17) is 5.73 Å². The molecule has 0 spiro atoms. The molecule has 2 rings (SSSR count). The molecule has 0 atom stereocenters. The predicted molar refractivity (Wildman–Crippen MR) is 83.5 cm³/mol. The molecule has 0 saturated carbocycles. The second-order valence-electron chi connectivity index (χ2n) is 5.58. The van der Waals surface area contributed by atoms with Crippen LogP contribution in [0, 0.1) is 5.92 Å². The Kier molecular flexibility index (Phi) is 4.99. The van der Waals surface area contributed by atoms with E-state index in [9.17, 15) is 4.79 Å². The number of aromatic nitrogens is 1. The lowest BCUT2D eigenvalue weighted by Crippen LogP contribution is -2.40. The molecule has 1 aliphatic heterocycles. The number of anilines is 1. The standard InChI is InChI=1S/C14H21BrN4O/c1-18(2)9-10-3-5-19(6-4-10)14(20)12-7-11(15)8-17-13(12)16/h7-8,10H,3-6,9H2,1-2H3,(H2,16,17). The van der Waals surface area contributed by atoms with Crippen molar-refractivity contribution in [2.45, 2.75) is 12.8 Å². The van der Waals surface area contributed by atoms with Crippen molar-refractivity contribution in [3.05, 3.63) is 22.3 Å². The Bertz CT molecular complexity index is 484. The molecule has 1 saturated heterocycles. The lowest BCUT2D eigenvalue weighted by Gasteiger charge is -2.33. The molecule has 5 nitrogen and oxygen atoms in total. The molecule has 0 aromatic carbocycles. The minimum absolute atomic E-state index is 0.0143. The Morgan fingerprint density at radius 3 is 2.75 bits per heavy atom. The zero-order valence-electron chi connectivity index (χ0n) is 12.0. The Morgan fingerprint density at radius 1 is 1.50 bits per heavy atom. The van der Waals surface area contributed by atoms with E-state index in [1.807, 2.05) is 4.90 Å². The summed E-state index contributed by atoms with van der Waals surface area (Å²) in [5, 5.41) is 0. The number of carbonyl (C=O) groups is 1. The maximum atomic E-state index is 12.5. The molecule has 2 N–H and O–H groups in total. The van der Waals surface area contributed by atoms with Crippen molar-refractivity contribution in [1.82, 2.24) is 14.8 Å². The lowest BCUT2D eigenvalue weighted by molar-refractivity contribution is 0.0678. The van der Waals surface area contributed by atoms with Crippen LogP contribution in [0.25, 0.3) is 0 Å². The Morgan fingerprint density at radius 2 is 2.15 bits per heavy atom. The van der Waals surface area contributed by atoms with Gasteiger partial charge in [0, 0.05) is 30.3 Å². The fourth-order valence-electron chi connectivity index (χ4n) is 2.63. The number of hydrogen-bond acceptors (Lipinski definition) is 4. The summed E-state index contributed by atoms with van der Waals surface area (Å²) in [6.45, 7) is 2.68. The molecular formula is C14H21BrN4O. The summed E-state index contributed by atoms with van der Waals surface area (Å²) in [5.74, 6) is 0.959. The van der Waals surface area contributed by atoms with Gasteiger partial charge in [0.1, 0.15) is 5.82 Å². The first-order chi connectivity index (χ1) is 9.47. The van der Waals surface area contributed by atoms with Gasteiger partial charge in [0.05, 0.1) is 5.56 Å². The summed E-state index contributed by atoms with van der Waals surface area (Å²) in [7, 11) is 4.18. The summed E-state index contributed by atoms with van der Waals surface area (Å²) in [5.41, 5.74) is 6.30. The van der Waals surface area contributed by atoms with Crippen LogP contribution in [0.1, 0.15) is 23.2 Å². The third-order valence-corrected chi connectivity index (χ3v) is 4.07. The Balaban J connectivity index is 2.00. The van der Waals surface area contributed by atoms with Crippen LogP contribution in [0.4, 0.5) is 5.82 Å². The van der Waals surface area contributed by atoms with Crippen LogP contribution in [0.5, 0.6) is 0 Å². The summed E-state index contributed by atoms with van der Waals surface area (Å²) in [6, 6.07) is 1.75. The summed E-state index contributed by atoms with van der Waals surface area (Å²) < 4.78 is 0.776. The van der Waals surface area contributed by atoms with Crippen LogP contribution in [0.2, 0.25) is 0 Å². The summed E-state index contributed by atoms with van der Waals surface area (Å²) in [4.78, 5) is 20.6. The van der Waals surface area contributed by atoms with Crippen LogP contribution in [0.15, 0.2) is 16.7 Å². The molecule has 1 aromatic rings. The first kappa shape index (κ1) is 15.3. The predicted octanol–water partition coefficient (Wildman–Crippen LogP) is 1.84. The van der Waals surface area contributed by atoms with Gasteiger partial charge in [-0.05, 0) is 54.9 Å². The monoisotopic (exact) mass is 340 g/mol. The zero-order chi connectivity index (χ0) is 14.7. The van der Waals surface area contributed by atoms with Gasteiger partial charge in [-0.25, -0.2) is 4.98 Å².